The summed E-state index contributed by atoms with van der Waals surface area (Å²) in [5.41, 5.74) is 1.82. The van der Waals surface area contributed by atoms with Crippen molar-refractivity contribution in [2.45, 2.75) is 45.3 Å². The van der Waals surface area contributed by atoms with E-state index in [1.165, 1.54) is 0 Å². The Labute approximate surface area is 163 Å². The zero-order chi connectivity index (χ0) is 19.0. The largest absolute Gasteiger partial charge is 0.466 e. The van der Waals surface area contributed by atoms with E-state index in [-0.39, 0.29) is 23.2 Å². The normalized spacial score (nSPS) is 27.1. The van der Waals surface area contributed by atoms with E-state index in [0.717, 1.165) is 36.8 Å². The van der Waals surface area contributed by atoms with Gasteiger partial charge in [-0.15, -0.1) is 5.10 Å². The van der Waals surface area contributed by atoms with Crippen molar-refractivity contribution in [3.8, 4) is 0 Å². The number of halogens is 1. The molecule has 2 heterocycles. The van der Waals surface area contributed by atoms with Gasteiger partial charge >= 0.3 is 5.97 Å². The molecule has 0 aliphatic heterocycles. The number of esters is 1. The number of anilines is 1. The highest BCUT2D eigenvalue weighted by Crippen LogP contribution is 2.47. The highest BCUT2D eigenvalue weighted by atomic mass is 35.5. The van der Waals surface area contributed by atoms with Gasteiger partial charge in [0.1, 0.15) is 5.52 Å². The second-order valence-corrected chi connectivity index (χ2v) is 7.80. The molecule has 7 nitrogen and oxygen atoms in total. The van der Waals surface area contributed by atoms with Gasteiger partial charge in [-0.2, -0.15) is 4.98 Å². The van der Waals surface area contributed by atoms with Crippen LogP contribution in [0.3, 0.4) is 0 Å². The van der Waals surface area contributed by atoms with Gasteiger partial charge in [0.05, 0.1) is 19.1 Å². The van der Waals surface area contributed by atoms with Gasteiger partial charge in [0.2, 0.25) is 5.28 Å². The fourth-order valence-electron chi connectivity index (χ4n) is 4.77. The number of methoxy groups -OCH3 is 1. The van der Waals surface area contributed by atoms with Gasteiger partial charge in [0, 0.05) is 19.3 Å². The van der Waals surface area contributed by atoms with Gasteiger partial charge in [-0.05, 0) is 67.7 Å². The predicted molar refractivity (Wildman–Crippen MR) is 102 cm³/mol. The summed E-state index contributed by atoms with van der Waals surface area (Å²) in [6, 6.07) is 2.00. The molecule has 2 aromatic rings. The summed E-state index contributed by atoms with van der Waals surface area (Å²) in [6.45, 7) is 2.75. The fourth-order valence-corrected chi connectivity index (χ4v) is 4.94. The number of fused-ring (bicyclic) bond motifs is 4. The Kier molecular flexibility index (Phi) is 5.23. The molecule has 8 heteroatoms. The van der Waals surface area contributed by atoms with Crippen molar-refractivity contribution in [1.82, 2.24) is 14.6 Å². The number of aromatic nitrogens is 3. The molecule has 2 atom stereocenters. The molecule has 1 N–H and O–H groups in total. The number of nitrogens with zero attached hydrogens (tertiary/aromatic N) is 3. The molecule has 0 aromatic carbocycles. The average molecular weight is 393 g/mol. The number of carbonyl (C=O) groups is 1. The van der Waals surface area contributed by atoms with Gasteiger partial charge in [-0.3, -0.25) is 4.79 Å². The highest BCUT2D eigenvalue weighted by Gasteiger charge is 2.48. The second kappa shape index (κ2) is 7.64. The Bertz CT molecular complexity index is 832. The van der Waals surface area contributed by atoms with E-state index in [1.807, 2.05) is 19.2 Å². The van der Waals surface area contributed by atoms with Crippen LogP contribution in [0.1, 0.15) is 38.2 Å². The van der Waals surface area contributed by atoms with Crippen LogP contribution in [0.15, 0.2) is 12.3 Å². The zero-order valence-corrected chi connectivity index (χ0v) is 16.4. The van der Waals surface area contributed by atoms with Crippen LogP contribution < -0.4 is 5.32 Å². The van der Waals surface area contributed by atoms with E-state index in [0.29, 0.717) is 30.9 Å². The third-order valence-electron chi connectivity index (χ3n) is 5.89. The third kappa shape index (κ3) is 3.50. The first-order chi connectivity index (χ1) is 13.1. The summed E-state index contributed by atoms with van der Waals surface area (Å²) in [5.74, 6) is 1.22. The van der Waals surface area contributed by atoms with Crippen molar-refractivity contribution in [3.63, 3.8) is 0 Å². The molecule has 3 aliphatic carbocycles. The summed E-state index contributed by atoms with van der Waals surface area (Å²) in [6.07, 6.45) is 6.32. The summed E-state index contributed by atoms with van der Waals surface area (Å²) in [4.78, 5) is 17.1. The first-order valence-electron chi connectivity index (χ1n) is 9.57. The summed E-state index contributed by atoms with van der Waals surface area (Å²) in [5, 5.41) is 7.96. The maximum absolute atomic E-state index is 12.7. The summed E-state index contributed by atoms with van der Waals surface area (Å²) >= 11 is 6.15. The van der Waals surface area contributed by atoms with Crippen LogP contribution in [-0.4, -0.2) is 40.3 Å². The SMILES string of the molecule is CCOC(=O)[C@@H]1C2CCC(CC2)[C@H]1Nc1nc(Cl)nn2cc(COC)cc12. The lowest BCUT2D eigenvalue weighted by molar-refractivity contribution is -0.154. The smallest absolute Gasteiger partial charge is 0.311 e. The molecule has 2 aromatic heterocycles. The topological polar surface area (TPSA) is 77.8 Å². The van der Waals surface area contributed by atoms with Crippen LogP contribution in [0.2, 0.25) is 5.28 Å². The van der Waals surface area contributed by atoms with E-state index >= 15 is 0 Å². The first-order valence-corrected chi connectivity index (χ1v) is 9.95. The van der Waals surface area contributed by atoms with Crippen LogP contribution in [0.4, 0.5) is 5.82 Å². The van der Waals surface area contributed by atoms with E-state index in [2.05, 4.69) is 15.4 Å². The lowest BCUT2D eigenvalue weighted by Gasteiger charge is -2.47. The molecule has 5 rings (SSSR count). The molecule has 0 amide bonds. The van der Waals surface area contributed by atoms with Crippen LogP contribution >= 0.6 is 11.6 Å². The molecule has 3 aliphatic rings. The van der Waals surface area contributed by atoms with Crippen LogP contribution in [0.25, 0.3) is 5.52 Å². The Morgan fingerprint density at radius 1 is 1.33 bits per heavy atom. The molecule has 2 bridgehead atoms. The Morgan fingerprint density at radius 2 is 2.07 bits per heavy atom. The first kappa shape index (κ1) is 18.5. The molecule has 3 saturated carbocycles. The van der Waals surface area contributed by atoms with Crippen LogP contribution in [0.5, 0.6) is 0 Å². The van der Waals surface area contributed by atoms with Crippen molar-refractivity contribution in [3.05, 3.63) is 23.1 Å². The number of nitrogens with one attached hydrogen (secondary N) is 1. The maximum Gasteiger partial charge on any atom is 0.311 e. The molecule has 27 heavy (non-hydrogen) atoms. The number of ether oxygens (including phenoxy) is 2. The Balaban J connectivity index is 1.68. The lowest BCUT2D eigenvalue weighted by atomic mass is 9.61. The summed E-state index contributed by atoms with van der Waals surface area (Å²) in [7, 11) is 1.66. The minimum atomic E-state index is -0.139. The molecular weight excluding hydrogens is 368 g/mol. The van der Waals surface area contributed by atoms with Crippen LogP contribution in [0, 0.1) is 17.8 Å². The number of hydrogen-bond donors (Lipinski definition) is 1. The quantitative estimate of drug-likeness (QED) is 0.760. The monoisotopic (exact) mass is 392 g/mol. The zero-order valence-electron chi connectivity index (χ0n) is 15.7. The number of hydrogen-bond acceptors (Lipinski definition) is 6. The Hall–Kier alpha value is -1.86. The molecular formula is C19H25ClN4O3. The minimum Gasteiger partial charge on any atom is -0.466 e. The second-order valence-electron chi connectivity index (χ2n) is 7.46. The van der Waals surface area contributed by atoms with Gasteiger partial charge in [-0.25, -0.2) is 4.52 Å². The van der Waals surface area contributed by atoms with Crippen LogP contribution in [-0.2, 0) is 20.9 Å². The van der Waals surface area contributed by atoms with Gasteiger partial charge in [0.25, 0.3) is 0 Å². The van der Waals surface area contributed by atoms with Gasteiger partial charge < -0.3 is 14.8 Å². The number of rotatable bonds is 6. The Morgan fingerprint density at radius 3 is 2.78 bits per heavy atom. The standard InChI is InChI=1S/C19H25ClN4O3/c1-3-27-18(25)15-12-4-6-13(7-5-12)16(15)21-17-14-8-11(10-26-2)9-24(14)23-19(20)22-17/h8-9,12-13,15-16H,3-7,10H2,1-2H3,(H,21,22,23)/t12?,13?,15-,16-/m1/s1. The molecule has 0 spiro atoms. The van der Waals surface area contributed by atoms with Crippen molar-refractivity contribution < 1.29 is 14.3 Å². The maximum atomic E-state index is 12.7. The molecule has 0 unspecified atom stereocenters. The molecule has 0 radical (unpaired) electrons. The fraction of sp³-hybridized carbons (Fsp3) is 0.632. The number of carbonyl (C=O) groups excluding carboxylic acids is 1. The van der Waals surface area contributed by atoms with Crippen molar-refractivity contribution in [2.24, 2.45) is 17.8 Å². The highest BCUT2D eigenvalue weighted by molar-refractivity contribution is 6.28. The minimum absolute atomic E-state index is 0.00657. The summed E-state index contributed by atoms with van der Waals surface area (Å²) < 4.78 is 12.3. The van der Waals surface area contributed by atoms with Crippen molar-refractivity contribution in [1.29, 1.82) is 0 Å². The van der Waals surface area contributed by atoms with E-state index in [1.54, 1.807) is 11.6 Å². The predicted octanol–water partition coefficient (Wildman–Crippen LogP) is 3.31. The van der Waals surface area contributed by atoms with E-state index in [9.17, 15) is 4.79 Å². The average Bonchev–Trinajstić information content (AvgIpc) is 3.05. The van der Waals surface area contributed by atoms with Gasteiger partial charge in [-0.1, -0.05) is 0 Å². The van der Waals surface area contributed by atoms with Gasteiger partial charge in [0.15, 0.2) is 5.82 Å². The van der Waals surface area contributed by atoms with E-state index in [4.69, 9.17) is 21.1 Å². The molecule has 3 fully saturated rings. The van der Waals surface area contributed by atoms with Crippen molar-refractivity contribution in [2.75, 3.05) is 19.0 Å². The molecule has 146 valence electrons. The third-order valence-corrected chi connectivity index (χ3v) is 6.05. The van der Waals surface area contributed by atoms with E-state index < -0.39 is 0 Å². The van der Waals surface area contributed by atoms with Crippen molar-refractivity contribution >= 4 is 28.9 Å². The lowest BCUT2D eigenvalue weighted by Crippen LogP contribution is -2.52. The molecule has 0 saturated heterocycles.